The maximum atomic E-state index is 12.9. The molecule has 2 aromatic carbocycles. The number of halogens is 1. The van der Waals surface area contributed by atoms with E-state index in [2.05, 4.69) is 10.1 Å². The Balaban J connectivity index is 1.73. The van der Waals surface area contributed by atoms with E-state index in [9.17, 15) is 19.6 Å². The molecule has 0 radical (unpaired) electrons. The van der Waals surface area contributed by atoms with E-state index < -0.39 is 11.0 Å². The molecule has 8 heteroatoms. The highest BCUT2D eigenvalue weighted by Gasteiger charge is 2.12. The van der Waals surface area contributed by atoms with Crippen LogP contribution in [0.4, 0.5) is 10.1 Å². The zero-order chi connectivity index (χ0) is 17.1. The summed E-state index contributed by atoms with van der Waals surface area (Å²) in [4.78, 5) is 14.3. The Labute approximate surface area is 136 Å². The largest absolute Gasteiger partial charge is 0.386 e. The normalized spacial score (nSPS) is 12.1. The molecule has 1 aromatic heterocycles. The van der Waals surface area contributed by atoms with Gasteiger partial charge >= 0.3 is 0 Å². The van der Waals surface area contributed by atoms with Crippen LogP contribution in [0.5, 0.6) is 0 Å². The molecule has 3 aromatic rings. The second-order valence-electron chi connectivity index (χ2n) is 5.16. The molecule has 1 atom stereocenters. The van der Waals surface area contributed by atoms with Gasteiger partial charge in [-0.3, -0.25) is 10.1 Å². The summed E-state index contributed by atoms with van der Waals surface area (Å²) in [6.45, 7) is 0.158. The Morgan fingerprint density at radius 2 is 1.83 bits per heavy atom. The maximum Gasteiger partial charge on any atom is 0.269 e. The van der Waals surface area contributed by atoms with Gasteiger partial charge in [0.1, 0.15) is 12.1 Å². The van der Waals surface area contributed by atoms with Gasteiger partial charge in [-0.25, -0.2) is 14.1 Å². The third-order valence-corrected chi connectivity index (χ3v) is 3.49. The molecule has 0 amide bonds. The smallest absolute Gasteiger partial charge is 0.269 e. The molecular formula is C16H13FN4O3. The number of aromatic nitrogens is 3. The van der Waals surface area contributed by atoms with Gasteiger partial charge in [0, 0.05) is 17.7 Å². The van der Waals surface area contributed by atoms with Crippen LogP contribution in [0.3, 0.4) is 0 Å². The third kappa shape index (κ3) is 3.44. The Morgan fingerprint density at radius 3 is 2.46 bits per heavy atom. The lowest BCUT2D eigenvalue weighted by atomic mass is 10.1. The number of benzene rings is 2. The average Bonchev–Trinajstić information content (AvgIpc) is 3.04. The highest BCUT2D eigenvalue weighted by atomic mass is 19.1. The van der Waals surface area contributed by atoms with Crippen molar-refractivity contribution in [2.45, 2.75) is 12.6 Å². The van der Waals surface area contributed by atoms with Crippen LogP contribution in [0.25, 0.3) is 11.4 Å². The number of nitro groups is 1. The van der Waals surface area contributed by atoms with E-state index in [0.717, 1.165) is 0 Å². The van der Waals surface area contributed by atoms with E-state index in [1.54, 1.807) is 12.1 Å². The number of nitrogens with zero attached hydrogens (tertiary/aromatic N) is 4. The number of non-ortho nitro benzene ring substituents is 1. The van der Waals surface area contributed by atoms with Crippen molar-refractivity contribution in [2.24, 2.45) is 0 Å². The predicted molar refractivity (Wildman–Crippen MR) is 83.5 cm³/mol. The van der Waals surface area contributed by atoms with E-state index in [0.29, 0.717) is 17.0 Å². The Bertz CT molecular complexity index is 847. The first-order chi connectivity index (χ1) is 11.5. The van der Waals surface area contributed by atoms with E-state index in [-0.39, 0.29) is 18.0 Å². The molecule has 1 unspecified atom stereocenters. The molecule has 0 spiro atoms. The van der Waals surface area contributed by atoms with Gasteiger partial charge in [-0.2, -0.15) is 5.10 Å². The van der Waals surface area contributed by atoms with Crippen LogP contribution in [-0.2, 0) is 6.54 Å². The van der Waals surface area contributed by atoms with Gasteiger partial charge in [0.05, 0.1) is 17.6 Å². The number of nitro benzene ring substituents is 1. The Kier molecular flexibility index (Phi) is 4.30. The number of aliphatic hydroxyl groups is 1. The molecule has 7 nitrogen and oxygen atoms in total. The predicted octanol–water partition coefficient (Wildman–Crippen LogP) is 2.73. The van der Waals surface area contributed by atoms with Gasteiger partial charge in [-0.15, -0.1) is 0 Å². The topological polar surface area (TPSA) is 94.1 Å². The molecule has 24 heavy (non-hydrogen) atoms. The second kappa shape index (κ2) is 6.55. The van der Waals surface area contributed by atoms with Crippen molar-refractivity contribution in [3.05, 3.63) is 76.4 Å². The summed E-state index contributed by atoms with van der Waals surface area (Å²) in [7, 11) is 0. The molecule has 0 aliphatic heterocycles. The minimum absolute atomic E-state index is 0.00934. The molecule has 0 saturated heterocycles. The van der Waals surface area contributed by atoms with Gasteiger partial charge in [0.25, 0.3) is 5.69 Å². The average molecular weight is 328 g/mol. The van der Waals surface area contributed by atoms with Crippen LogP contribution in [0.2, 0.25) is 0 Å². The zero-order valence-corrected chi connectivity index (χ0v) is 12.4. The fraction of sp³-hybridized carbons (Fsp3) is 0.125. The van der Waals surface area contributed by atoms with Crippen LogP contribution in [0, 0.1) is 15.9 Å². The van der Waals surface area contributed by atoms with E-state index >= 15 is 0 Å². The SMILES string of the molecule is O=[N+]([O-])c1ccc(-c2ncn(CC(O)c3ccc(F)cc3)n2)cc1. The van der Waals surface area contributed by atoms with Crippen LogP contribution < -0.4 is 0 Å². The molecule has 1 N–H and O–H groups in total. The van der Waals surface area contributed by atoms with Crippen LogP contribution >= 0.6 is 0 Å². The molecule has 0 saturated carbocycles. The molecule has 0 aliphatic rings. The van der Waals surface area contributed by atoms with Gasteiger partial charge in [-0.1, -0.05) is 12.1 Å². The lowest BCUT2D eigenvalue weighted by Crippen LogP contribution is -2.09. The zero-order valence-electron chi connectivity index (χ0n) is 12.4. The third-order valence-electron chi connectivity index (χ3n) is 3.49. The fourth-order valence-corrected chi connectivity index (χ4v) is 2.21. The van der Waals surface area contributed by atoms with Crippen molar-refractivity contribution in [1.29, 1.82) is 0 Å². The Morgan fingerprint density at radius 1 is 1.17 bits per heavy atom. The molecule has 122 valence electrons. The standard InChI is InChI=1S/C16H13FN4O3/c17-13-5-1-11(2-6-13)15(22)9-20-10-18-16(19-20)12-3-7-14(8-4-12)21(23)24/h1-8,10,15,22H,9H2. The van der Waals surface area contributed by atoms with Crippen molar-refractivity contribution < 1.29 is 14.4 Å². The van der Waals surface area contributed by atoms with E-state index in [1.165, 1.54) is 47.4 Å². The van der Waals surface area contributed by atoms with Crippen molar-refractivity contribution in [3.63, 3.8) is 0 Å². The summed E-state index contributed by atoms with van der Waals surface area (Å²) in [5.41, 5.74) is 1.20. The summed E-state index contributed by atoms with van der Waals surface area (Å²) in [6, 6.07) is 11.5. The molecule has 0 aliphatic carbocycles. The minimum Gasteiger partial charge on any atom is -0.386 e. The monoisotopic (exact) mass is 328 g/mol. The summed E-state index contributed by atoms with van der Waals surface area (Å²) in [5.74, 6) is 0.0309. The first-order valence-corrected chi connectivity index (χ1v) is 7.11. The summed E-state index contributed by atoms with van der Waals surface area (Å²) in [6.07, 6.45) is 0.612. The van der Waals surface area contributed by atoms with Crippen molar-refractivity contribution in [3.8, 4) is 11.4 Å². The highest BCUT2D eigenvalue weighted by Crippen LogP contribution is 2.20. The van der Waals surface area contributed by atoms with E-state index in [4.69, 9.17) is 0 Å². The van der Waals surface area contributed by atoms with Crippen molar-refractivity contribution in [2.75, 3.05) is 0 Å². The number of hydrogen-bond acceptors (Lipinski definition) is 5. The number of aliphatic hydroxyl groups excluding tert-OH is 1. The number of hydrogen-bond donors (Lipinski definition) is 1. The summed E-state index contributed by atoms with van der Waals surface area (Å²) >= 11 is 0. The lowest BCUT2D eigenvalue weighted by molar-refractivity contribution is -0.384. The molecule has 0 bridgehead atoms. The maximum absolute atomic E-state index is 12.9. The van der Waals surface area contributed by atoms with Crippen LogP contribution in [0.1, 0.15) is 11.7 Å². The Hall–Kier alpha value is -3.13. The van der Waals surface area contributed by atoms with Crippen molar-refractivity contribution >= 4 is 5.69 Å². The fourth-order valence-electron chi connectivity index (χ4n) is 2.21. The second-order valence-corrected chi connectivity index (χ2v) is 5.16. The van der Waals surface area contributed by atoms with Crippen molar-refractivity contribution in [1.82, 2.24) is 14.8 Å². The molecule has 0 fully saturated rings. The molecule has 1 heterocycles. The van der Waals surface area contributed by atoms with Gasteiger partial charge < -0.3 is 5.11 Å². The quantitative estimate of drug-likeness (QED) is 0.574. The minimum atomic E-state index is -0.850. The first-order valence-electron chi connectivity index (χ1n) is 7.11. The van der Waals surface area contributed by atoms with Crippen LogP contribution in [-0.4, -0.2) is 24.8 Å². The molecule has 3 rings (SSSR count). The van der Waals surface area contributed by atoms with Gasteiger partial charge in [-0.05, 0) is 29.8 Å². The summed E-state index contributed by atoms with van der Waals surface area (Å²) < 4.78 is 14.4. The first kappa shape index (κ1) is 15.8. The van der Waals surface area contributed by atoms with E-state index in [1.807, 2.05) is 0 Å². The van der Waals surface area contributed by atoms with Gasteiger partial charge in [0.2, 0.25) is 0 Å². The van der Waals surface area contributed by atoms with Crippen LogP contribution in [0.15, 0.2) is 54.9 Å². The van der Waals surface area contributed by atoms with Gasteiger partial charge in [0.15, 0.2) is 5.82 Å². The highest BCUT2D eigenvalue weighted by molar-refractivity contribution is 5.56. The molecular weight excluding hydrogens is 315 g/mol. The number of rotatable bonds is 5. The lowest BCUT2D eigenvalue weighted by Gasteiger charge is -2.10. The summed E-state index contributed by atoms with van der Waals surface area (Å²) in [5, 5.41) is 25.0.